The van der Waals surface area contributed by atoms with E-state index in [0.29, 0.717) is 23.5 Å². The zero-order chi connectivity index (χ0) is 20.6. The molecule has 0 radical (unpaired) electrons. The minimum Gasteiger partial charge on any atom is -0.497 e. The first-order valence-electron chi connectivity index (χ1n) is 9.40. The Morgan fingerprint density at radius 2 is 1.66 bits per heavy atom. The van der Waals surface area contributed by atoms with E-state index in [1.807, 2.05) is 55.5 Å². The quantitative estimate of drug-likeness (QED) is 0.640. The first-order chi connectivity index (χ1) is 14.0. The molecule has 0 atom stereocenters. The molecule has 0 aliphatic rings. The Hall–Kier alpha value is -3.60. The van der Waals surface area contributed by atoms with Gasteiger partial charge in [-0.2, -0.15) is 0 Å². The molecule has 2 N–H and O–H groups in total. The van der Waals surface area contributed by atoms with Crippen molar-refractivity contribution in [1.29, 1.82) is 0 Å². The monoisotopic (exact) mass is 388 g/mol. The number of methoxy groups -OCH3 is 1. The average Bonchev–Trinajstić information content (AvgIpc) is 2.73. The summed E-state index contributed by atoms with van der Waals surface area (Å²) in [6.45, 7) is 2.44. The van der Waals surface area contributed by atoms with Crippen molar-refractivity contribution in [3.8, 4) is 5.75 Å². The summed E-state index contributed by atoms with van der Waals surface area (Å²) in [5.74, 6) is 0.270. The zero-order valence-corrected chi connectivity index (χ0v) is 16.6. The molecular weight excluding hydrogens is 364 g/mol. The number of hydrogen-bond donors (Lipinski definition) is 2. The second kappa shape index (κ2) is 9.55. The largest absolute Gasteiger partial charge is 0.497 e. The fourth-order valence-electron chi connectivity index (χ4n) is 2.94. The van der Waals surface area contributed by atoms with Gasteiger partial charge in [0.15, 0.2) is 0 Å². The van der Waals surface area contributed by atoms with Crippen LogP contribution >= 0.6 is 0 Å². The van der Waals surface area contributed by atoms with E-state index in [2.05, 4.69) is 10.6 Å². The van der Waals surface area contributed by atoms with Crippen LogP contribution in [0.1, 0.15) is 27.0 Å². The summed E-state index contributed by atoms with van der Waals surface area (Å²) >= 11 is 0. The SMILES string of the molecule is COc1cccc(CC(=O)Nc2ccccc2C(=O)NCc2ccc(C)cc2)c1. The van der Waals surface area contributed by atoms with Gasteiger partial charge in [0.05, 0.1) is 24.8 Å². The predicted octanol–water partition coefficient (Wildman–Crippen LogP) is 4.11. The Bertz CT molecular complexity index is 997. The average molecular weight is 388 g/mol. The maximum atomic E-state index is 12.7. The highest BCUT2D eigenvalue weighted by molar-refractivity contribution is 6.04. The molecule has 148 valence electrons. The summed E-state index contributed by atoms with van der Waals surface area (Å²) in [6.07, 6.45) is 0.191. The van der Waals surface area contributed by atoms with Crippen LogP contribution in [-0.2, 0) is 17.8 Å². The molecule has 0 aliphatic carbocycles. The molecule has 0 spiro atoms. The van der Waals surface area contributed by atoms with Crippen LogP contribution in [0.3, 0.4) is 0 Å². The van der Waals surface area contributed by atoms with E-state index in [1.54, 1.807) is 31.4 Å². The lowest BCUT2D eigenvalue weighted by atomic mass is 10.1. The normalized spacial score (nSPS) is 10.3. The summed E-state index contributed by atoms with van der Waals surface area (Å²) in [5.41, 5.74) is 3.94. The van der Waals surface area contributed by atoms with Crippen LogP contribution in [0.15, 0.2) is 72.8 Å². The van der Waals surface area contributed by atoms with E-state index >= 15 is 0 Å². The van der Waals surface area contributed by atoms with Crippen LogP contribution in [0.25, 0.3) is 0 Å². The number of para-hydroxylation sites is 1. The highest BCUT2D eigenvalue weighted by Crippen LogP contribution is 2.17. The van der Waals surface area contributed by atoms with Gasteiger partial charge in [-0.15, -0.1) is 0 Å². The molecule has 0 fully saturated rings. The van der Waals surface area contributed by atoms with Crippen molar-refractivity contribution < 1.29 is 14.3 Å². The van der Waals surface area contributed by atoms with E-state index in [0.717, 1.165) is 11.1 Å². The molecule has 5 nitrogen and oxygen atoms in total. The summed E-state index contributed by atoms with van der Waals surface area (Å²) < 4.78 is 5.19. The maximum absolute atomic E-state index is 12.7. The number of rotatable bonds is 7. The molecular formula is C24H24N2O3. The van der Waals surface area contributed by atoms with Gasteiger partial charge in [-0.3, -0.25) is 9.59 Å². The number of nitrogens with one attached hydrogen (secondary N) is 2. The Morgan fingerprint density at radius 1 is 0.897 bits per heavy atom. The first kappa shape index (κ1) is 20.1. The van der Waals surface area contributed by atoms with E-state index in [1.165, 1.54) is 5.56 Å². The van der Waals surface area contributed by atoms with E-state index in [4.69, 9.17) is 4.74 Å². The molecule has 3 aromatic carbocycles. The van der Waals surface area contributed by atoms with Gasteiger partial charge in [-0.05, 0) is 42.3 Å². The summed E-state index contributed by atoms with van der Waals surface area (Å²) in [6, 6.07) is 22.3. The second-order valence-electron chi connectivity index (χ2n) is 6.79. The number of amides is 2. The van der Waals surface area contributed by atoms with Crippen molar-refractivity contribution in [1.82, 2.24) is 5.32 Å². The summed E-state index contributed by atoms with van der Waals surface area (Å²) in [5, 5.41) is 5.75. The van der Waals surface area contributed by atoms with Gasteiger partial charge >= 0.3 is 0 Å². The van der Waals surface area contributed by atoms with Crippen LogP contribution in [0.5, 0.6) is 5.75 Å². The summed E-state index contributed by atoms with van der Waals surface area (Å²) in [7, 11) is 1.59. The number of carbonyl (C=O) groups is 2. The molecule has 0 saturated heterocycles. The number of anilines is 1. The number of ether oxygens (including phenoxy) is 1. The molecule has 2 amide bonds. The molecule has 0 heterocycles. The fourth-order valence-corrected chi connectivity index (χ4v) is 2.94. The van der Waals surface area contributed by atoms with Gasteiger partial charge in [-0.1, -0.05) is 54.1 Å². The first-order valence-corrected chi connectivity index (χ1v) is 9.40. The molecule has 5 heteroatoms. The lowest BCUT2D eigenvalue weighted by Crippen LogP contribution is -2.25. The standard InChI is InChI=1S/C24H24N2O3/c1-17-10-12-18(13-11-17)16-25-24(28)21-8-3-4-9-22(21)26-23(27)15-19-6-5-7-20(14-19)29-2/h3-14H,15-16H2,1-2H3,(H,25,28)(H,26,27). The topological polar surface area (TPSA) is 67.4 Å². The van der Waals surface area contributed by atoms with Crippen molar-refractivity contribution >= 4 is 17.5 Å². The van der Waals surface area contributed by atoms with Gasteiger partial charge in [0, 0.05) is 6.54 Å². The number of carbonyl (C=O) groups excluding carboxylic acids is 2. The maximum Gasteiger partial charge on any atom is 0.253 e. The van der Waals surface area contributed by atoms with Crippen LogP contribution in [0.2, 0.25) is 0 Å². The highest BCUT2D eigenvalue weighted by atomic mass is 16.5. The fraction of sp³-hybridized carbons (Fsp3) is 0.167. The van der Waals surface area contributed by atoms with Crippen LogP contribution < -0.4 is 15.4 Å². The number of benzene rings is 3. The van der Waals surface area contributed by atoms with E-state index < -0.39 is 0 Å². The second-order valence-corrected chi connectivity index (χ2v) is 6.79. The Labute approximate surface area is 170 Å². The smallest absolute Gasteiger partial charge is 0.253 e. The third-order valence-corrected chi connectivity index (χ3v) is 4.52. The lowest BCUT2D eigenvalue weighted by Gasteiger charge is -2.12. The molecule has 3 aromatic rings. The van der Waals surface area contributed by atoms with Crippen LogP contribution in [0, 0.1) is 6.92 Å². The van der Waals surface area contributed by atoms with Gasteiger partial charge in [0.2, 0.25) is 5.91 Å². The van der Waals surface area contributed by atoms with Crippen molar-refractivity contribution in [2.24, 2.45) is 0 Å². The molecule has 29 heavy (non-hydrogen) atoms. The molecule has 0 aromatic heterocycles. The Kier molecular flexibility index (Phi) is 6.63. The number of aryl methyl sites for hydroxylation is 1. The van der Waals surface area contributed by atoms with Crippen molar-refractivity contribution in [2.75, 3.05) is 12.4 Å². The Balaban J connectivity index is 1.65. The predicted molar refractivity (Wildman–Crippen MR) is 114 cm³/mol. The van der Waals surface area contributed by atoms with Gasteiger partial charge in [-0.25, -0.2) is 0 Å². The summed E-state index contributed by atoms with van der Waals surface area (Å²) in [4.78, 5) is 25.1. The minimum absolute atomic E-state index is 0.191. The molecule has 0 aliphatic heterocycles. The third kappa shape index (κ3) is 5.69. The molecule has 0 bridgehead atoms. The van der Waals surface area contributed by atoms with Crippen molar-refractivity contribution in [3.05, 3.63) is 95.1 Å². The Morgan fingerprint density at radius 3 is 2.41 bits per heavy atom. The molecule has 0 saturated carbocycles. The van der Waals surface area contributed by atoms with Crippen molar-refractivity contribution in [2.45, 2.75) is 19.9 Å². The van der Waals surface area contributed by atoms with Gasteiger partial charge < -0.3 is 15.4 Å². The van der Waals surface area contributed by atoms with E-state index in [-0.39, 0.29) is 18.2 Å². The number of hydrogen-bond acceptors (Lipinski definition) is 3. The van der Waals surface area contributed by atoms with Crippen LogP contribution in [-0.4, -0.2) is 18.9 Å². The minimum atomic E-state index is -0.233. The lowest BCUT2D eigenvalue weighted by molar-refractivity contribution is -0.115. The van der Waals surface area contributed by atoms with Crippen molar-refractivity contribution in [3.63, 3.8) is 0 Å². The van der Waals surface area contributed by atoms with Gasteiger partial charge in [0.25, 0.3) is 5.91 Å². The van der Waals surface area contributed by atoms with E-state index in [9.17, 15) is 9.59 Å². The third-order valence-electron chi connectivity index (χ3n) is 4.52. The highest BCUT2D eigenvalue weighted by Gasteiger charge is 2.13. The molecule has 3 rings (SSSR count). The molecule has 0 unspecified atom stereocenters. The zero-order valence-electron chi connectivity index (χ0n) is 16.6. The van der Waals surface area contributed by atoms with Crippen LogP contribution in [0.4, 0.5) is 5.69 Å². The van der Waals surface area contributed by atoms with Gasteiger partial charge in [0.1, 0.15) is 5.75 Å².